The molecule has 0 atom stereocenters. The molecule has 0 aromatic heterocycles. The van der Waals surface area contributed by atoms with Crippen LogP contribution in [0.25, 0.3) is 0 Å². The zero-order chi connectivity index (χ0) is 5.45. The summed E-state index contributed by atoms with van der Waals surface area (Å²) in [5, 5.41) is 0. The van der Waals surface area contributed by atoms with Crippen molar-refractivity contribution in [1.29, 1.82) is 0 Å². The average Bonchev–Trinajstić information content (AvgIpc) is 0.650. The maximum atomic E-state index is 9.93. The quantitative estimate of drug-likeness (QED) is 0.376. The van der Waals surface area contributed by atoms with Gasteiger partial charge in [0.2, 0.25) is 0 Å². The van der Waals surface area contributed by atoms with Crippen molar-refractivity contribution >= 4 is 0 Å². The van der Waals surface area contributed by atoms with Gasteiger partial charge in [0.05, 0.1) is 0 Å². The molecule has 0 heterocycles. The summed E-state index contributed by atoms with van der Waals surface area (Å²) in [7, 11) is 0. The van der Waals surface area contributed by atoms with E-state index in [9.17, 15) is 16.6 Å². The first-order valence-corrected chi connectivity index (χ1v) is 6.94. The molecule has 0 nitrogen and oxygen atoms in total. The standard InChI is InChI=1S/5FH.Zn/h5*1H;/q;;;;;+5/p-5. The molecule has 0 radical (unpaired) electrons. The Hall–Kier alpha value is 0.273. The van der Waals surface area contributed by atoms with Crippen LogP contribution >= 0.6 is 0 Å². The van der Waals surface area contributed by atoms with E-state index in [1.165, 1.54) is 0 Å². The molecule has 0 saturated carbocycles. The topological polar surface area (TPSA) is 0 Å². The molecule has 0 aliphatic rings. The third-order valence-corrected chi connectivity index (χ3v) is 0. The Kier molecular flexibility index (Phi) is 0.954. The van der Waals surface area contributed by atoms with E-state index in [1.54, 1.807) is 0 Å². The monoisotopic (exact) mass is 159 g/mol. The number of hydrogen-bond acceptors (Lipinski definition) is 0. The fourth-order valence-corrected chi connectivity index (χ4v) is 0. The van der Waals surface area contributed by atoms with Crippen molar-refractivity contribution in [1.82, 2.24) is 0 Å². The molecule has 6 heavy (non-hydrogen) atoms. The first-order chi connectivity index (χ1) is 2.24. The Morgan fingerprint density at radius 2 is 0.667 bits per heavy atom. The van der Waals surface area contributed by atoms with Gasteiger partial charge < -0.3 is 0 Å². The molecule has 37 valence electrons. The summed E-state index contributed by atoms with van der Waals surface area (Å²) in [5.74, 6) is 0. The summed E-state index contributed by atoms with van der Waals surface area (Å²) in [6.07, 6.45) is 0. The second kappa shape index (κ2) is 0.912. The molecule has 0 aliphatic heterocycles. The van der Waals surface area contributed by atoms with Crippen LogP contribution in [-0.2, 0) is 16.1 Å². The molecule has 0 unspecified atom stereocenters. The van der Waals surface area contributed by atoms with Crippen LogP contribution in [-0.4, -0.2) is 0 Å². The minimum absolute atomic E-state index is 9.32. The molecule has 0 fully saturated rings. The normalized spacial score (nSPS) is 15.0. The molecule has 0 N–H and O–H groups in total. The Labute approximate surface area is 33.6 Å². The second-order valence-corrected chi connectivity index (χ2v) is 5.25. The van der Waals surface area contributed by atoms with E-state index < -0.39 is 16.1 Å². The molecule has 6 heteroatoms. The fourth-order valence-electron chi connectivity index (χ4n) is 0. The average molecular weight is 160 g/mol. The van der Waals surface area contributed by atoms with Gasteiger partial charge in [0.25, 0.3) is 0 Å². The summed E-state index contributed by atoms with van der Waals surface area (Å²) in [4.78, 5) is 0. The van der Waals surface area contributed by atoms with Crippen LogP contribution in [0.2, 0.25) is 0 Å². The molecular formula is F5Zn. The van der Waals surface area contributed by atoms with E-state index in [0.29, 0.717) is 0 Å². The minimum atomic E-state index is -9.32. The SMILES string of the molecule is [F][Zn]([F])([F])([F])[F]. The van der Waals surface area contributed by atoms with Crippen molar-refractivity contribution in [2.75, 3.05) is 0 Å². The summed E-state index contributed by atoms with van der Waals surface area (Å²) in [6.45, 7) is 0. The fraction of sp³-hybridized carbons (Fsp3) is 0. The van der Waals surface area contributed by atoms with Crippen molar-refractivity contribution in [3.8, 4) is 0 Å². The maximum absolute atomic E-state index is 9.93. The van der Waals surface area contributed by atoms with E-state index in [-0.39, 0.29) is 0 Å². The van der Waals surface area contributed by atoms with Gasteiger partial charge in [-0.3, -0.25) is 0 Å². The van der Waals surface area contributed by atoms with Crippen LogP contribution in [0.15, 0.2) is 0 Å². The Balaban J connectivity index is 3.73. The number of halogens is 5. The number of rotatable bonds is 0. The van der Waals surface area contributed by atoms with Gasteiger partial charge in [-0.05, 0) is 0 Å². The first kappa shape index (κ1) is 6.27. The molecule has 0 bridgehead atoms. The van der Waals surface area contributed by atoms with Crippen molar-refractivity contribution in [2.24, 2.45) is 0 Å². The van der Waals surface area contributed by atoms with Crippen molar-refractivity contribution < 1.29 is 32.7 Å². The van der Waals surface area contributed by atoms with E-state index in [1.807, 2.05) is 0 Å². The summed E-state index contributed by atoms with van der Waals surface area (Å²) in [5.41, 5.74) is 0. The van der Waals surface area contributed by atoms with Crippen LogP contribution < -0.4 is 0 Å². The van der Waals surface area contributed by atoms with Crippen LogP contribution in [0.4, 0.5) is 16.6 Å². The van der Waals surface area contributed by atoms with E-state index in [2.05, 4.69) is 0 Å². The van der Waals surface area contributed by atoms with E-state index in [4.69, 9.17) is 0 Å². The van der Waals surface area contributed by atoms with Gasteiger partial charge >= 0.3 is 32.7 Å². The van der Waals surface area contributed by atoms with Crippen LogP contribution in [0, 0.1) is 0 Å². The van der Waals surface area contributed by atoms with Crippen LogP contribution in [0.3, 0.4) is 0 Å². The van der Waals surface area contributed by atoms with E-state index >= 15 is 0 Å². The zero-order valence-corrected chi connectivity index (χ0v) is 5.56. The van der Waals surface area contributed by atoms with Gasteiger partial charge in [-0.25, -0.2) is 0 Å². The molecule has 0 aliphatic carbocycles. The van der Waals surface area contributed by atoms with E-state index in [0.717, 1.165) is 0 Å². The van der Waals surface area contributed by atoms with Gasteiger partial charge in [-0.1, -0.05) is 0 Å². The Morgan fingerprint density at radius 1 is 0.667 bits per heavy atom. The molecule has 0 saturated heterocycles. The predicted molar refractivity (Wildman–Crippen MR) is 5.54 cm³/mol. The van der Waals surface area contributed by atoms with Gasteiger partial charge in [-0.2, -0.15) is 0 Å². The predicted octanol–water partition coefficient (Wildman–Crippen LogP) is 2.10. The van der Waals surface area contributed by atoms with Crippen molar-refractivity contribution in [3.05, 3.63) is 0 Å². The molecule has 0 aromatic carbocycles. The van der Waals surface area contributed by atoms with Gasteiger partial charge in [-0.15, -0.1) is 0 Å². The summed E-state index contributed by atoms with van der Waals surface area (Å²) < 4.78 is 49.6. The number of hydrogen-bond donors (Lipinski definition) is 0. The van der Waals surface area contributed by atoms with Crippen molar-refractivity contribution in [3.63, 3.8) is 0 Å². The van der Waals surface area contributed by atoms with Crippen LogP contribution in [0.1, 0.15) is 0 Å². The van der Waals surface area contributed by atoms with Gasteiger partial charge in [0.15, 0.2) is 0 Å². The molecular weight excluding hydrogens is 160 g/mol. The summed E-state index contributed by atoms with van der Waals surface area (Å²) in [6, 6.07) is 0. The second-order valence-electron chi connectivity index (χ2n) is 1.01. The third kappa shape index (κ3) is 613. The molecule has 0 spiro atoms. The molecule has 0 rings (SSSR count). The molecule has 0 amide bonds. The first-order valence-electron chi connectivity index (χ1n) is 1.34. The van der Waals surface area contributed by atoms with Crippen LogP contribution in [0.5, 0.6) is 0 Å². The Bertz CT molecular complexity index is 37.1. The third-order valence-electron chi connectivity index (χ3n) is 0. The van der Waals surface area contributed by atoms with Gasteiger partial charge in [0, 0.05) is 0 Å². The van der Waals surface area contributed by atoms with Gasteiger partial charge in [0.1, 0.15) is 0 Å². The molecule has 0 aromatic rings. The Morgan fingerprint density at radius 3 is 0.667 bits per heavy atom. The summed E-state index contributed by atoms with van der Waals surface area (Å²) >= 11 is -9.32. The zero-order valence-electron chi connectivity index (χ0n) is 2.60. The van der Waals surface area contributed by atoms with Crippen molar-refractivity contribution in [2.45, 2.75) is 0 Å².